The second-order valence-electron chi connectivity index (χ2n) is 8.83. The highest BCUT2D eigenvalue weighted by atomic mass is 16.3. The van der Waals surface area contributed by atoms with Gasteiger partial charge in [0.25, 0.3) is 0 Å². The van der Waals surface area contributed by atoms with E-state index < -0.39 is 0 Å². The molecule has 0 aliphatic carbocycles. The number of aryl methyl sites for hydroxylation is 1. The fourth-order valence-electron chi connectivity index (χ4n) is 3.12. The third kappa shape index (κ3) is 4.18. The average Bonchev–Trinajstić information content (AvgIpc) is 2.51. The quantitative estimate of drug-likeness (QED) is 0.718. The van der Waals surface area contributed by atoms with Crippen LogP contribution in [0.4, 0.5) is 0 Å². The van der Waals surface area contributed by atoms with Crippen LogP contribution in [0, 0.1) is 6.92 Å². The number of hydrogen-bond acceptors (Lipinski definition) is 2. The third-order valence-corrected chi connectivity index (χ3v) is 5.27. The van der Waals surface area contributed by atoms with Crippen molar-refractivity contribution in [2.24, 2.45) is 0 Å². The highest BCUT2D eigenvalue weighted by Gasteiger charge is 2.23. The van der Waals surface area contributed by atoms with E-state index in [1.807, 2.05) is 12.1 Å². The fraction of sp³-hybridized carbons (Fsp3) is 0.478. The maximum atomic E-state index is 10.8. The smallest absolute Gasteiger partial charge is 0.122 e. The molecule has 0 bridgehead atoms. The second-order valence-corrected chi connectivity index (χ2v) is 8.83. The molecule has 0 heterocycles. The summed E-state index contributed by atoms with van der Waals surface area (Å²) >= 11 is 0. The van der Waals surface area contributed by atoms with Gasteiger partial charge in [0.15, 0.2) is 0 Å². The van der Waals surface area contributed by atoms with Crippen molar-refractivity contribution in [3.8, 4) is 11.5 Å². The minimum atomic E-state index is -0.126. The van der Waals surface area contributed by atoms with Crippen molar-refractivity contribution in [2.75, 3.05) is 0 Å². The predicted octanol–water partition coefficient (Wildman–Crippen LogP) is 5.98. The fourth-order valence-corrected chi connectivity index (χ4v) is 3.12. The topological polar surface area (TPSA) is 40.5 Å². The second kappa shape index (κ2) is 6.74. The minimum Gasteiger partial charge on any atom is -0.508 e. The summed E-state index contributed by atoms with van der Waals surface area (Å²) in [5.74, 6) is 0.631. The van der Waals surface area contributed by atoms with Gasteiger partial charge < -0.3 is 10.2 Å². The van der Waals surface area contributed by atoms with Crippen molar-refractivity contribution in [2.45, 2.75) is 72.1 Å². The first kappa shape index (κ1) is 19.4. The molecular formula is C23H32O2. The molecule has 0 aliphatic heterocycles. The van der Waals surface area contributed by atoms with Crippen molar-refractivity contribution < 1.29 is 10.2 Å². The summed E-state index contributed by atoms with van der Waals surface area (Å²) in [4.78, 5) is 0. The van der Waals surface area contributed by atoms with Crippen LogP contribution in [0.25, 0.3) is 0 Å². The molecule has 0 saturated heterocycles. The van der Waals surface area contributed by atoms with Gasteiger partial charge in [0, 0.05) is 6.42 Å². The maximum absolute atomic E-state index is 10.8. The van der Waals surface area contributed by atoms with Crippen LogP contribution in [0.2, 0.25) is 0 Å². The Balaban J connectivity index is 2.50. The SMILES string of the molecule is CCC(C)(C)c1ccc(O)c(Cc2cc(C)cc(C(C)(C)C)c2O)c1. The summed E-state index contributed by atoms with van der Waals surface area (Å²) in [7, 11) is 0. The van der Waals surface area contributed by atoms with Gasteiger partial charge in [-0.15, -0.1) is 0 Å². The van der Waals surface area contributed by atoms with Crippen LogP contribution in [0.5, 0.6) is 11.5 Å². The summed E-state index contributed by atoms with van der Waals surface area (Å²) in [6.07, 6.45) is 1.55. The van der Waals surface area contributed by atoms with Crippen LogP contribution >= 0.6 is 0 Å². The molecule has 2 rings (SSSR count). The van der Waals surface area contributed by atoms with E-state index in [0.717, 1.165) is 28.7 Å². The Bertz CT molecular complexity index is 764. The summed E-state index contributed by atoms with van der Waals surface area (Å²) in [6, 6.07) is 9.92. The molecular weight excluding hydrogens is 308 g/mol. The zero-order chi connectivity index (χ0) is 19.0. The zero-order valence-electron chi connectivity index (χ0n) is 16.7. The lowest BCUT2D eigenvalue weighted by molar-refractivity contribution is 0.439. The molecule has 0 unspecified atom stereocenters. The molecule has 0 saturated carbocycles. The van der Waals surface area contributed by atoms with E-state index >= 15 is 0 Å². The standard InChI is InChI=1S/C23H32O2/c1-8-23(6,7)18-9-10-20(24)16(14-18)13-17-11-15(2)12-19(21(17)25)22(3,4)5/h9-12,14,24-25H,8,13H2,1-7H3. The first-order valence-electron chi connectivity index (χ1n) is 9.11. The van der Waals surface area contributed by atoms with Crippen LogP contribution < -0.4 is 0 Å². The van der Waals surface area contributed by atoms with Crippen molar-refractivity contribution in [1.29, 1.82) is 0 Å². The van der Waals surface area contributed by atoms with E-state index in [0.29, 0.717) is 12.2 Å². The summed E-state index contributed by atoms with van der Waals surface area (Å²) in [5, 5.41) is 21.1. The Hall–Kier alpha value is -1.96. The Morgan fingerprint density at radius 2 is 1.52 bits per heavy atom. The van der Waals surface area contributed by atoms with Crippen LogP contribution in [-0.4, -0.2) is 10.2 Å². The molecule has 0 atom stereocenters. The summed E-state index contributed by atoms with van der Waals surface area (Å²) < 4.78 is 0. The van der Waals surface area contributed by atoms with Gasteiger partial charge in [-0.25, -0.2) is 0 Å². The van der Waals surface area contributed by atoms with Crippen LogP contribution in [0.3, 0.4) is 0 Å². The highest BCUT2D eigenvalue weighted by Crippen LogP contribution is 2.37. The molecule has 2 nitrogen and oxygen atoms in total. The van der Waals surface area contributed by atoms with E-state index in [2.05, 4.69) is 60.6 Å². The molecule has 0 spiro atoms. The molecule has 136 valence electrons. The molecule has 0 amide bonds. The van der Waals surface area contributed by atoms with Crippen molar-refractivity contribution in [3.05, 3.63) is 58.1 Å². The van der Waals surface area contributed by atoms with Crippen LogP contribution in [0.1, 0.15) is 75.8 Å². The number of benzene rings is 2. The van der Waals surface area contributed by atoms with Gasteiger partial charge in [-0.3, -0.25) is 0 Å². The number of phenols is 2. The molecule has 2 aromatic rings. The van der Waals surface area contributed by atoms with Crippen molar-refractivity contribution in [3.63, 3.8) is 0 Å². The number of rotatable bonds is 4. The monoisotopic (exact) mass is 340 g/mol. The van der Waals surface area contributed by atoms with E-state index in [1.165, 1.54) is 5.56 Å². The number of phenolic OH excluding ortho intramolecular Hbond substituents is 2. The zero-order valence-corrected chi connectivity index (χ0v) is 16.7. The first-order chi connectivity index (χ1) is 11.5. The molecule has 2 N–H and O–H groups in total. The molecule has 0 fully saturated rings. The van der Waals surface area contributed by atoms with Crippen LogP contribution in [-0.2, 0) is 17.3 Å². The Morgan fingerprint density at radius 1 is 0.880 bits per heavy atom. The van der Waals surface area contributed by atoms with Gasteiger partial charge in [-0.2, -0.15) is 0 Å². The van der Waals surface area contributed by atoms with Gasteiger partial charge in [-0.05, 0) is 52.5 Å². The van der Waals surface area contributed by atoms with Gasteiger partial charge in [0.1, 0.15) is 11.5 Å². The molecule has 0 aromatic heterocycles. The first-order valence-corrected chi connectivity index (χ1v) is 9.11. The van der Waals surface area contributed by atoms with Gasteiger partial charge in [-0.1, -0.05) is 71.4 Å². The lowest BCUT2D eigenvalue weighted by atomic mass is 9.80. The maximum Gasteiger partial charge on any atom is 0.122 e. The molecule has 0 aliphatic rings. The molecule has 2 aromatic carbocycles. The predicted molar refractivity (Wildman–Crippen MR) is 106 cm³/mol. The largest absolute Gasteiger partial charge is 0.508 e. The van der Waals surface area contributed by atoms with Gasteiger partial charge in [0.05, 0.1) is 0 Å². The summed E-state index contributed by atoms with van der Waals surface area (Å²) in [5.41, 5.74) is 4.96. The molecule has 2 heteroatoms. The minimum absolute atomic E-state index is 0.0632. The number of hydrogen-bond donors (Lipinski definition) is 2. The van der Waals surface area contributed by atoms with Gasteiger partial charge >= 0.3 is 0 Å². The van der Waals surface area contributed by atoms with E-state index in [9.17, 15) is 10.2 Å². The average molecular weight is 341 g/mol. The number of aromatic hydroxyl groups is 2. The normalized spacial score (nSPS) is 12.4. The molecule has 0 radical (unpaired) electrons. The Morgan fingerprint density at radius 3 is 2.08 bits per heavy atom. The molecule has 25 heavy (non-hydrogen) atoms. The van der Waals surface area contributed by atoms with E-state index in [1.54, 1.807) is 6.07 Å². The van der Waals surface area contributed by atoms with E-state index in [-0.39, 0.29) is 16.6 Å². The van der Waals surface area contributed by atoms with Gasteiger partial charge in [0.2, 0.25) is 0 Å². The highest BCUT2D eigenvalue weighted by molar-refractivity contribution is 5.50. The third-order valence-electron chi connectivity index (χ3n) is 5.27. The summed E-state index contributed by atoms with van der Waals surface area (Å²) in [6.45, 7) is 15.0. The van der Waals surface area contributed by atoms with Crippen molar-refractivity contribution in [1.82, 2.24) is 0 Å². The van der Waals surface area contributed by atoms with E-state index in [4.69, 9.17) is 0 Å². The lowest BCUT2D eigenvalue weighted by Gasteiger charge is -2.25. The Kier molecular flexibility index (Phi) is 5.22. The Labute approximate surface area is 152 Å². The lowest BCUT2D eigenvalue weighted by Crippen LogP contribution is -2.15. The van der Waals surface area contributed by atoms with Crippen LogP contribution in [0.15, 0.2) is 30.3 Å². The van der Waals surface area contributed by atoms with Crippen molar-refractivity contribution >= 4 is 0 Å².